The van der Waals surface area contributed by atoms with Crippen LogP contribution in [0.4, 0.5) is 5.82 Å². The molecule has 0 spiro atoms. The Morgan fingerprint density at radius 1 is 1.04 bits per heavy atom. The zero-order valence-corrected chi connectivity index (χ0v) is 14.1. The number of anilines is 1. The van der Waals surface area contributed by atoms with Crippen LogP contribution in [0.1, 0.15) is 22.4 Å². The van der Waals surface area contributed by atoms with E-state index >= 15 is 0 Å². The van der Waals surface area contributed by atoms with Crippen molar-refractivity contribution in [3.05, 3.63) is 70.9 Å². The van der Waals surface area contributed by atoms with E-state index in [1.165, 1.54) is 4.80 Å². The summed E-state index contributed by atoms with van der Waals surface area (Å²) in [5.41, 5.74) is 4.63. The van der Waals surface area contributed by atoms with Gasteiger partial charge < -0.3 is 4.90 Å². The fourth-order valence-corrected chi connectivity index (χ4v) is 2.74. The average Bonchev–Trinajstić information content (AvgIpc) is 2.99. The van der Waals surface area contributed by atoms with Crippen LogP contribution in [0.5, 0.6) is 0 Å². The Hall–Kier alpha value is -3.13. The third-order valence-electron chi connectivity index (χ3n) is 3.76. The highest BCUT2D eigenvalue weighted by molar-refractivity contribution is 5.50. The summed E-state index contributed by atoms with van der Waals surface area (Å²) in [6, 6.07) is 18.4. The maximum absolute atomic E-state index is 9.41. The van der Waals surface area contributed by atoms with E-state index in [9.17, 15) is 5.26 Å². The van der Waals surface area contributed by atoms with Gasteiger partial charge in [0.25, 0.3) is 0 Å². The molecule has 1 aromatic heterocycles. The van der Waals surface area contributed by atoms with Gasteiger partial charge in [-0.3, -0.25) is 0 Å². The van der Waals surface area contributed by atoms with Gasteiger partial charge in [0.15, 0.2) is 5.82 Å². The lowest BCUT2D eigenvalue weighted by Gasteiger charge is -2.15. The molecule has 0 unspecified atom stereocenters. The molecular weight excluding hydrogens is 298 g/mol. The van der Waals surface area contributed by atoms with Crippen LogP contribution in [0.3, 0.4) is 0 Å². The molecule has 0 fully saturated rings. The van der Waals surface area contributed by atoms with E-state index in [4.69, 9.17) is 0 Å². The molecule has 5 nitrogen and oxygen atoms in total. The van der Waals surface area contributed by atoms with E-state index in [0.29, 0.717) is 18.1 Å². The smallest absolute Gasteiger partial charge is 0.207 e. The minimum atomic E-state index is 0.326. The minimum Gasteiger partial charge on any atom is -0.351 e. The first kappa shape index (κ1) is 15.8. The van der Waals surface area contributed by atoms with Crippen LogP contribution in [0.15, 0.2) is 48.5 Å². The maximum Gasteiger partial charge on any atom is 0.207 e. The molecule has 1 heterocycles. The number of hydrogen-bond donors (Lipinski definition) is 0. The normalized spacial score (nSPS) is 10.4. The summed E-state index contributed by atoms with van der Waals surface area (Å²) in [6.45, 7) is 4.74. The van der Waals surface area contributed by atoms with Crippen molar-refractivity contribution in [1.29, 1.82) is 5.26 Å². The third kappa shape index (κ3) is 3.28. The lowest BCUT2D eigenvalue weighted by Crippen LogP contribution is -2.18. The van der Waals surface area contributed by atoms with Gasteiger partial charge in [0, 0.05) is 13.6 Å². The van der Waals surface area contributed by atoms with E-state index < -0.39 is 0 Å². The summed E-state index contributed by atoms with van der Waals surface area (Å²) in [7, 11) is 1.92. The van der Waals surface area contributed by atoms with Crippen molar-refractivity contribution in [2.24, 2.45) is 0 Å². The Kier molecular flexibility index (Phi) is 4.30. The summed E-state index contributed by atoms with van der Waals surface area (Å²) < 4.78 is 0. The van der Waals surface area contributed by atoms with Crippen LogP contribution >= 0.6 is 0 Å². The highest BCUT2D eigenvalue weighted by atomic mass is 15.5. The molecular formula is C19H19N5. The molecule has 120 valence electrons. The van der Waals surface area contributed by atoms with Crippen molar-refractivity contribution < 1.29 is 0 Å². The highest BCUT2D eigenvalue weighted by Gasteiger charge is 2.16. The standard InChI is InChI=1S/C19H19N5/c1-14-9-15(2)11-17(10-14)24-21-18(12-20)19(22-24)23(3)13-16-7-5-4-6-8-16/h4-11H,13H2,1-3H3. The van der Waals surface area contributed by atoms with Crippen molar-refractivity contribution in [1.82, 2.24) is 15.0 Å². The van der Waals surface area contributed by atoms with Crippen LogP contribution in [-0.2, 0) is 6.54 Å². The number of nitriles is 1. The molecule has 0 atom stereocenters. The largest absolute Gasteiger partial charge is 0.351 e. The molecule has 2 aromatic carbocycles. The van der Waals surface area contributed by atoms with Gasteiger partial charge in [-0.05, 0) is 42.7 Å². The first-order valence-corrected chi connectivity index (χ1v) is 7.78. The van der Waals surface area contributed by atoms with E-state index in [1.54, 1.807) is 0 Å². The summed E-state index contributed by atoms with van der Waals surface area (Å²) in [4.78, 5) is 3.48. The van der Waals surface area contributed by atoms with Gasteiger partial charge in [-0.2, -0.15) is 5.26 Å². The minimum absolute atomic E-state index is 0.326. The molecule has 0 saturated heterocycles. The van der Waals surface area contributed by atoms with Crippen LogP contribution in [0.2, 0.25) is 0 Å². The Balaban J connectivity index is 1.94. The number of aryl methyl sites for hydroxylation is 2. The lowest BCUT2D eigenvalue weighted by molar-refractivity contribution is 0.740. The maximum atomic E-state index is 9.41. The van der Waals surface area contributed by atoms with Gasteiger partial charge in [-0.1, -0.05) is 36.4 Å². The molecule has 0 radical (unpaired) electrons. The highest BCUT2D eigenvalue weighted by Crippen LogP contribution is 2.19. The fourth-order valence-electron chi connectivity index (χ4n) is 2.74. The van der Waals surface area contributed by atoms with Gasteiger partial charge >= 0.3 is 0 Å². The molecule has 0 bridgehead atoms. The number of rotatable bonds is 4. The predicted molar refractivity (Wildman–Crippen MR) is 94.1 cm³/mol. The summed E-state index contributed by atoms with van der Waals surface area (Å²) in [5, 5.41) is 18.3. The Morgan fingerprint density at radius 2 is 1.71 bits per heavy atom. The second kappa shape index (κ2) is 6.55. The molecule has 0 aliphatic rings. The van der Waals surface area contributed by atoms with Crippen LogP contribution in [0.25, 0.3) is 5.69 Å². The fraction of sp³-hybridized carbons (Fsp3) is 0.211. The van der Waals surface area contributed by atoms with E-state index in [1.807, 2.05) is 56.1 Å². The van der Waals surface area contributed by atoms with E-state index in [-0.39, 0.29) is 0 Å². The number of nitrogens with zero attached hydrogens (tertiary/aromatic N) is 5. The van der Waals surface area contributed by atoms with Crippen molar-refractivity contribution in [2.75, 3.05) is 11.9 Å². The zero-order chi connectivity index (χ0) is 17.1. The monoisotopic (exact) mass is 317 g/mol. The second-order valence-electron chi connectivity index (χ2n) is 5.96. The number of benzene rings is 2. The molecule has 24 heavy (non-hydrogen) atoms. The van der Waals surface area contributed by atoms with E-state index in [0.717, 1.165) is 22.4 Å². The quantitative estimate of drug-likeness (QED) is 0.740. The first-order valence-electron chi connectivity index (χ1n) is 7.78. The molecule has 0 amide bonds. The van der Waals surface area contributed by atoms with Crippen LogP contribution < -0.4 is 4.90 Å². The predicted octanol–water partition coefficient (Wildman–Crippen LogP) is 3.39. The molecule has 3 aromatic rings. The van der Waals surface area contributed by atoms with Crippen LogP contribution in [-0.4, -0.2) is 22.0 Å². The molecule has 0 aliphatic heterocycles. The van der Waals surface area contributed by atoms with Crippen molar-refractivity contribution in [3.63, 3.8) is 0 Å². The zero-order valence-electron chi connectivity index (χ0n) is 14.1. The third-order valence-corrected chi connectivity index (χ3v) is 3.76. The van der Waals surface area contributed by atoms with Gasteiger partial charge in [0.1, 0.15) is 6.07 Å². The van der Waals surface area contributed by atoms with Gasteiger partial charge in [0.2, 0.25) is 5.69 Å². The summed E-state index contributed by atoms with van der Waals surface area (Å²) in [5.74, 6) is 0.584. The summed E-state index contributed by atoms with van der Waals surface area (Å²) in [6.07, 6.45) is 0. The molecule has 0 N–H and O–H groups in total. The lowest BCUT2D eigenvalue weighted by atomic mass is 10.1. The molecule has 0 aliphatic carbocycles. The van der Waals surface area contributed by atoms with Crippen molar-refractivity contribution >= 4 is 5.82 Å². The Labute approximate surface area is 141 Å². The topological polar surface area (TPSA) is 57.7 Å². The Bertz CT molecular complexity index is 870. The van der Waals surface area contributed by atoms with Gasteiger partial charge in [-0.25, -0.2) is 0 Å². The average molecular weight is 317 g/mol. The molecule has 3 rings (SSSR count). The van der Waals surface area contributed by atoms with Crippen molar-refractivity contribution in [2.45, 2.75) is 20.4 Å². The van der Waals surface area contributed by atoms with Crippen LogP contribution in [0, 0.1) is 25.2 Å². The SMILES string of the molecule is Cc1cc(C)cc(-n2nc(C#N)c(N(C)Cc3ccccc3)n2)c1. The van der Waals surface area contributed by atoms with Gasteiger partial charge in [-0.15, -0.1) is 15.0 Å². The molecule has 0 saturated carbocycles. The first-order chi connectivity index (χ1) is 11.6. The molecule has 5 heteroatoms. The van der Waals surface area contributed by atoms with E-state index in [2.05, 4.69) is 34.5 Å². The summed E-state index contributed by atoms with van der Waals surface area (Å²) >= 11 is 0. The second-order valence-corrected chi connectivity index (χ2v) is 5.96. The Morgan fingerprint density at radius 3 is 2.33 bits per heavy atom. The number of hydrogen-bond acceptors (Lipinski definition) is 4. The number of aromatic nitrogens is 3. The van der Waals surface area contributed by atoms with Gasteiger partial charge in [0.05, 0.1) is 5.69 Å². The van der Waals surface area contributed by atoms with Crippen molar-refractivity contribution in [3.8, 4) is 11.8 Å².